The number of aromatic nitrogens is 1. The van der Waals surface area contributed by atoms with Gasteiger partial charge in [-0.15, -0.1) is 0 Å². The molecule has 3 heterocycles. The maximum Gasteiger partial charge on any atom is 0.136 e. The minimum Gasteiger partial charge on any atom is -0.393 e. The summed E-state index contributed by atoms with van der Waals surface area (Å²) in [5.41, 5.74) is 4.19. The second-order valence-corrected chi connectivity index (χ2v) is 9.87. The molecule has 0 saturated carbocycles. The lowest BCUT2D eigenvalue weighted by Crippen LogP contribution is -2.54. The third kappa shape index (κ3) is 4.79. The molecule has 0 radical (unpaired) electrons. The van der Waals surface area contributed by atoms with E-state index >= 15 is 4.39 Å². The fraction of sp³-hybridized carbons (Fsp3) is 0.481. The van der Waals surface area contributed by atoms with Gasteiger partial charge in [-0.2, -0.15) is 0 Å². The minimum absolute atomic E-state index is 0.0212. The average molecular weight is 487 g/mol. The Morgan fingerprint density at radius 1 is 1.20 bits per heavy atom. The molecule has 0 bridgehead atoms. The highest BCUT2D eigenvalue weighted by molar-refractivity contribution is 5.85. The first-order chi connectivity index (χ1) is 17.0. The Hall–Kier alpha value is -2.55. The Kier molecular flexibility index (Phi) is 7.05. The van der Waals surface area contributed by atoms with Crippen LogP contribution < -0.4 is 5.32 Å². The first kappa shape index (κ1) is 24.2. The van der Waals surface area contributed by atoms with E-state index in [-0.39, 0.29) is 31.1 Å². The smallest absolute Gasteiger partial charge is 0.136 e. The molecule has 35 heavy (non-hydrogen) atoms. The van der Waals surface area contributed by atoms with E-state index in [4.69, 9.17) is 0 Å². The largest absolute Gasteiger partial charge is 0.393 e. The molecule has 1 aromatic heterocycles. The number of benzene rings is 2. The fourth-order valence-electron chi connectivity index (χ4n) is 5.61. The lowest BCUT2D eigenvalue weighted by molar-refractivity contribution is 0.0763. The number of hydrogen-bond donors (Lipinski definition) is 3. The Bertz CT molecular complexity index is 1160. The number of anilines is 1. The Balaban J connectivity index is 1.44. The van der Waals surface area contributed by atoms with Crippen molar-refractivity contribution in [2.45, 2.75) is 44.1 Å². The van der Waals surface area contributed by atoms with Crippen LogP contribution in [0.25, 0.3) is 10.9 Å². The zero-order valence-corrected chi connectivity index (χ0v) is 20.0. The molecule has 2 aromatic carbocycles. The molecule has 0 spiro atoms. The second-order valence-electron chi connectivity index (χ2n) is 9.87. The van der Waals surface area contributed by atoms with E-state index in [0.29, 0.717) is 17.7 Å². The summed E-state index contributed by atoms with van der Waals surface area (Å²) in [6.07, 6.45) is -0.151. The van der Waals surface area contributed by atoms with Crippen molar-refractivity contribution in [2.24, 2.45) is 0 Å². The number of aliphatic hydroxyl groups excluding tert-OH is 1. The molecule has 0 amide bonds. The summed E-state index contributed by atoms with van der Waals surface area (Å²) in [7, 11) is 0. The van der Waals surface area contributed by atoms with E-state index in [2.05, 4.69) is 21.3 Å². The first-order valence-corrected chi connectivity index (χ1v) is 12.4. The van der Waals surface area contributed by atoms with Crippen LogP contribution >= 0.6 is 0 Å². The number of H-pyrrole nitrogens is 1. The van der Waals surface area contributed by atoms with Crippen molar-refractivity contribution in [3.63, 3.8) is 0 Å². The van der Waals surface area contributed by atoms with Crippen molar-refractivity contribution in [1.82, 2.24) is 14.8 Å². The second kappa shape index (κ2) is 10.2. The Labute approximate surface area is 203 Å². The van der Waals surface area contributed by atoms with Gasteiger partial charge in [0.1, 0.15) is 12.0 Å². The van der Waals surface area contributed by atoms with Gasteiger partial charge in [0.15, 0.2) is 0 Å². The van der Waals surface area contributed by atoms with Crippen LogP contribution in [0.2, 0.25) is 0 Å². The van der Waals surface area contributed by atoms with Crippen molar-refractivity contribution in [2.75, 3.05) is 44.8 Å². The van der Waals surface area contributed by atoms with Crippen LogP contribution in [0.15, 0.2) is 42.5 Å². The maximum absolute atomic E-state index is 15.6. The summed E-state index contributed by atoms with van der Waals surface area (Å²) < 4.78 is 42.4. The van der Waals surface area contributed by atoms with Gasteiger partial charge in [-0.3, -0.25) is 14.2 Å². The van der Waals surface area contributed by atoms with Gasteiger partial charge in [0.2, 0.25) is 0 Å². The lowest BCUT2D eigenvalue weighted by atomic mass is 9.88. The molecule has 3 N–H and O–H groups in total. The van der Waals surface area contributed by atoms with E-state index in [1.807, 2.05) is 36.1 Å². The summed E-state index contributed by atoms with van der Waals surface area (Å²) in [4.78, 5) is 7.61. The SMILES string of the molecule is C[C@@H]1Cc2c([nH]c3ccccc23)[C@@H](c2ccc(NC3CN(CCCF)C3)cc2F)N1CC(F)CO. The van der Waals surface area contributed by atoms with Gasteiger partial charge in [-0.05, 0) is 43.5 Å². The van der Waals surface area contributed by atoms with Crippen molar-refractivity contribution in [3.8, 4) is 0 Å². The number of alkyl halides is 2. The third-order valence-electron chi connectivity index (χ3n) is 7.36. The normalized spacial score (nSPS) is 22.2. The predicted octanol–water partition coefficient (Wildman–Crippen LogP) is 4.43. The van der Waals surface area contributed by atoms with E-state index in [1.165, 1.54) is 6.07 Å². The number of fused-ring (bicyclic) bond motifs is 3. The van der Waals surface area contributed by atoms with Crippen molar-refractivity contribution in [1.29, 1.82) is 0 Å². The Morgan fingerprint density at radius 2 is 2.00 bits per heavy atom. The van der Waals surface area contributed by atoms with Gasteiger partial charge in [0.05, 0.1) is 25.4 Å². The summed E-state index contributed by atoms with van der Waals surface area (Å²) in [6.45, 7) is 3.55. The van der Waals surface area contributed by atoms with Crippen LogP contribution in [-0.4, -0.2) is 77.6 Å². The molecule has 1 fully saturated rings. The monoisotopic (exact) mass is 486 g/mol. The lowest BCUT2D eigenvalue weighted by Gasteiger charge is -2.42. The highest BCUT2D eigenvalue weighted by Crippen LogP contribution is 2.42. The number of nitrogens with zero attached hydrogens (tertiary/aromatic N) is 2. The zero-order chi connectivity index (χ0) is 24.5. The van der Waals surface area contributed by atoms with Gasteiger partial charge in [0, 0.05) is 60.1 Å². The van der Waals surface area contributed by atoms with Gasteiger partial charge in [-0.25, -0.2) is 8.78 Å². The molecule has 1 saturated heterocycles. The van der Waals surface area contributed by atoms with Crippen molar-refractivity contribution in [3.05, 3.63) is 65.1 Å². The number of nitrogens with one attached hydrogen (secondary N) is 2. The molecule has 2 aliphatic rings. The van der Waals surface area contributed by atoms with E-state index < -0.39 is 18.8 Å². The van der Waals surface area contributed by atoms with Crippen LogP contribution in [0.4, 0.5) is 18.9 Å². The molecule has 1 unspecified atom stereocenters. The molecule has 3 atom stereocenters. The standard InChI is InChI=1S/C27H33F3N4O/c1-17-11-23-21-5-2-3-6-25(21)32-26(23)27(34(17)13-18(29)16-35)22-8-7-19(12-24(22)30)31-20-14-33(15-20)10-4-9-28/h2-3,5-8,12,17-18,20,27,31-32,35H,4,9-11,13-16H2,1H3/t17-,18?,27-/m1/s1. The summed E-state index contributed by atoms with van der Waals surface area (Å²) >= 11 is 0. The van der Waals surface area contributed by atoms with Gasteiger partial charge in [-0.1, -0.05) is 24.3 Å². The average Bonchev–Trinajstić information content (AvgIpc) is 3.19. The molecule has 0 aliphatic carbocycles. The van der Waals surface area contributed by atoms with Crippen LogP contribution in [0.3, 0.4) is 0 Å². The molecule has 3 aromatic rings. The topological polar surface area (TPSA) is 54.5 Å². The zero-order valence-electron chi connectivity index (χ0n) is 20.0. The van der Waals surface area contributed by atoms with Crippen molar-refractivity contribution < 1.29 is 18.3 Å². The van der Waals surface area contributed by atoms with Crippen molar-refractivity contribution >= 4 is 16.6 Å². The van der Waals surface area contributed by atoms with Gasteiger partial charge in [0.25, 0.3) is 0 Å². The van der Waals surface area contributed by atoms with Gasteiger partial charge >= 0.3 is 0 Å². The molecule has 188 valence electrons. The molecular formula is C27H33F3N4O. The van der Waals surface area contributed by atoms with E-state index in [9.17, 15) is 13.9 Å². The summed E-state index contributed by atoms with van der Waals surface area (Å²) in [5, 5.41) is 13.9. The number of hydrogen-bond acceptors (Lipinski definition) is 4. The molecule has 5 nitrogen and oxygen atoms in total. The fourth-order valence-corrected chi connectivity index (χ4v) is 5.61. The number of aliphatic hydroxyl groups is 1. The number of likely N-dealkylation sites (tertiary alicyclic amines) is 1. The first-order valence-electron chi connectivity index (χ1n) is 12.4. The van der Waals surface area contributed by atoms with Crippen LogP contribution in [-0.2, 0) is 6.42 Å². The van der Waals surface area contributed by atoms with Gasteiger partial charge < -0.3 is 15.4 Å². The minimum atomic E-state index is -1.41. The van der Waals surface area contributed by atoms with Crippen LogP contribution in [0, 0.1) is 5.82 Å². The van der Waals surface area contributed by atoms with Crippen LogP contribution in [0.5, 0.6) is 0 Å². The number of aromatic amines is 1. The summed E-state index contributed by atoms with van der Waals surface area (Å²) in [5.74, 6) is -0.350. The third-order valence-corrected chi connectivity index (χ3v) is 7.36. The van der Waals surface area contributed by atoms with E-state index in [1.54, 1.807) is 6.07 Å². The van der Waals surface area contributed by atoms with E-state index in [0.717, 1.165) is 48.2 Å². The number of halogens is 3. The molecular weight excluding hydrogens is 453 g/mol. The Morgan fingerprint density at radius 3 is 2.74 bits per heavy atom. The predicted molar refractivity (Wildman–Crippen MR) is 133 cm³/mol. The highest BCUT2D eigenvalue weighted by Gasteiger charge is 2.38. The molecule has 2 aliphatic heterocycles. The molecule has 5 rings (SSSR count). The number of para-hydroxylation sites is 1. The highest BCUT2D eigenvalue weighted by atomic mass is 19.1. The molecule has 8 heteroatoms. The number of rotatable bonds is 9. The maximum atomic E-state index is 15.6. The van der Waals surface area contributed by atoms with Crippen LogP contribution in [0.1, 0.15) is 36.2 Å². The summed E-state index contributed by atoms with van der Waals surface area (Å²) in [6, 6.07) is 12.9. The quantitative estimate of drug-likeness (QED) is 0.419.